The first-order valence-electron chi connectivity index (χ1n) is 14.2. The molecule has 0 unspecified atom stereocenters. The quantitative estimate of drug-likeness (QED) is 0.267. The number of pyridine rings is 1. The van der Waals surface area contributed by atoms with Crippen molar-refractivity contribution in [2.24, 2.45) is 5.41 Å². The second-order valence-corrected chi connectivity index (χ2v) is 13.4. The highest BCUT2D eigenvalue weighted by atomic mass is 32.2. The van der Waals surface area contributed by atoms with Crippen molar-refractivity contribution in [1.82, 2.24) is 33.9 Å². The van der Waals surface area contributed by atoms with Crippen LogP contribution in [0.4, 0.5) is 26.1 Å². The molecule has 2 N–H and O–H groups in total. The summed E-state index contributed by atoms with van der Waals surface area (Å²) in [5, 5.41) is 20.6. The number of hydrogen-bond donors (Lipinski definition) is 2. The maximum Gasteiger partial charge on any atom is 0.257 e. The van der Waals surface area contributed by atoms with Gasteiger partial charge in [-0.15, -0.1) is 0 Å². The fourth-order valence-electron chi connectivity index (χ4n) is 4.90. The molecule has 4 aromatic heterocycles. The third-order valence-electron chi connectivity index (χ3n) is 7.81. The molecule has 12 nitrogen and oxygen atoms in total. The van der Waals surface area contributed by atoms with E-state index in [1.807, 2.05) is 6.07 Å². The average molecular weight is 624 g/mol. The van der Waals surface area contributed by atoms with Crippen LogP contribution < -0.4 is 10.2 Å². The molecule has 5 heterocycles. The second kappa shape index (κ2) is 11.9. The van der Waals surface area contributed by atoms with E-state index in [0.717, 1.165) is 27.3 Å². The molecule has 1 aliphatic heterocycles. The van der Waals surface area contributed by atoms with Crippen LogP contribution in [0.15, 0.2) is 49.3 Å². The van der Waals surface area contributed by atoms with Crippen LogP contribution in [0.2, 0.25) is 0 Å². The number of hydrogen-bond acceptors (Lipinski definition) is 10. The maximum absolute atomic E-state index is 12.7. The van der Waals surface area contributed by atoms with E-state index < -0.39 is 28.2 Å². The van der Waals surface area contributed by atoms with Crippen molar-refractivity contribution in [3.8, 4) is 23.2 Å². The zero-order valence-corrected chi connectivity index (χ0v) is 24.8. The number of aliphatic hydroxyl groups is 1. The smallest absolute Gasteiger partial charge is 0.257 e. The topological polar surface area (TPSA) is 144 Å². The standard InChI is InChI=1S/C29H31F2N9O3S/c1-29(19-41)7-10-38(11-8-29)24-12-27(33-14-21(24)3-2-20-13-34-39(16-20)18-25(30)31)36-26-6-9-32-28(37-26)22-15-35-40(17-22)44(42,43)23-4-5-23/h6,9,12-17,23,25,41H,4-5,7-8,10-11,18-19H2,1H3,(H,32,33,36,37). The number of anilines is 3. The van der Waals surface area contributed by atoms with Crippen LogP contribution in [-0.4, -0.2) is 78.8 Å². The van der Waals surface area contributed by atoms with Gasteiger partial charge >= 0.3 is 0 Å². The molecule has 44 heavy (non-hydrogen) atoms. The van der Waals surface area contributed by atoms with Crippen molar-refractivity contribution in [2.75, 3.05) is 29.9 Å². The van der Waals surface area contributed by atoms with Gasteiger partial charge in [-0.2, -0.15) is 14.3 Å². The fraction of sp³-hybridized carbons (Fsp3) is 0.414. The molecule has 2 aliphatic rings. The number of nitrogens with one attached hydrogen (secondary N) is 1. The van der Waals surface area contributed by atoms with Crippen LogP contribution in [0.3, 0.4) is 0 Å². The van der Waals surface area contributed by atoms with E-state index in [1.165, 1.54) is 24.8 Å². The molecule has 0 spiro atoms. The van der Waals surface area contributed by atoms with Crippen LogP contribution in [0.1, 0.15) is 43.7 Å². The van der Waals surface area contributed by atoms with Gasteiger partial charge in [0.15, 0.2) is 5.82 Å². The Morgan fingerprint density at radius 3 is 2.61 bits per heavy atom. The molecular formula is C29H31F2N9O3S. The second-order valence-electron chi connectivity index (χ2n) is 11.4. The first kappa shape index (κ1) is 29.6. The minimum absolute atomic E-state index is 0.112. The van der Waals surface area contributed by atoms with Gasteiger partial charge in [0.2, 0.25) is 0 Å². The summed E-state index contributed by atoms with van der Waals surface area (Å²) < 4.78 is 52.7. The summed E-state index contributed by atoms with van der Waals surface area (Å²) in [5.41, 5.74) is 2.30. The number of nitrogens with zero attached hydrogens (tertiary/aromatic N) is 8. The SMILES string of the molecule is CC1(CO)CCN(c2cc(Nc3ccnc(-c4cnn(S(=O)(=O)C5CC5)c4)n3)ncc2C#Cc2cnn(CC(F)F)c2)CC1. The lowest BCUT2D eigenvalue weighted by Crippen LogP contribution is -2.40. The molecular weight excluding hydrogens is 592 g/mol. The lowest BCUT2D eigenvalue weighted by molar-refractivity contribution is 0.115. The van der Waals surface area contributed by atoms with E-state index in [1.54, 1.807) is 18.5 Å². The highest BCUT2D eigenvalue weighted by Crippen LogP contribution is 2.35. The number of aromatic nitrogens is 7. The monoisotopic (exact) mass is 623 g/mol. The minimum Gasteiger partial charge on any atom is -0.396 e. The highest BCUT2D eigenvalue weighted by Gasteiger charge is 2.37. The third kappa shape index (κ3) is 6.56. The van der Waals surface area contributed by atoms with Crippen LogP contribution in [0, 0.1) is 17.3 Å². The number of piperidine rings is 1. The molecule has 0 radical (unpaired) electrons. The first-order valence-corrected chi connectivity index (χ1v) is 15.7. The molecule has 1 aliphatic carbocycles. The van der Waals surface area contributed by atoms with Gasteiger partial charge in [0.25, 0.3) is 16.4 Å². The van der Waals surface area contributed by atoms with Gasteiger partial charge in [0, 0.05) is 44.4 Å². The van der Waals surface area contributed by atoms with Gasteiger partial charge < -0.3 is 15.3 Å². The summed E-state index contributed by atoms with van der Waals surface area (Å²) >= 11 is 0. The highest BCUT2D eigenvalue weighted by molar-refractivity contribution is 7.90. The van der Waals surface area contributed by atoms with Crippen LogP contribution in [0.25, 0.3) is 11.4 Å². The molecule has 4 aromatic rings. The van der Waals surface area contributed by atoms with Gasteiger partial charge in [0.05, 0.1) is 46.2 Å². The predicted molar refractivity (Wildman–Crippen MR) is 159 cm³/mol. The zero-order chi connectivity index (χ0) is 30.9. The number of aliphatic hydroxyl groups excluding tert-OH is 1. The Kier molecular flexibility index (Phi) is 8.04. The van der Waals surface area contributed by atoms with E-state index in [0.29, 0.717) is 60.1 Å². The number of halogens is 2. The van der Waals surface area contributed by atoms with Crippen molar-refractivity contribution in [2.45, 2.75) is 50.8 Å². The van der Waals surface area contributed by atoms with Crippen molar-refractivity contribution >= 4 is 27.3 Å². The Labute approximate surface area is 253 Å². The van der Waals surface area contributed by atoms with Crippen molar-refractivity contribution in [1.29, 1.82) is 0 Å². The van der Waals surface area contributed by atoms with Gasteiger partial charge in [-0.3, -0.25) is 4.68 Å². The summed E-state index contributed by atoms with van der Waals surface area (Å²) in [6, 6.07) is 3.54. The lowest BCUT2D eigenvalue weighted by atomic mass is 9.81. The zero-order valence-electron chi connectivity index (χ0n) is 23.9. The van der Waals surface area contributed by atoms with E-state index in [2.05, 4.69) is 54.1 Å². The molecule has 0 aromatic carbocycles. The maximum atomic E-state index is 12.7. The minimum atomic E-state index is -3.51. The van der Waals surface area contributed by atoms with E-state index in [9.17, 15) is 22.3 Å². The molecule has 230 valence electrons. The molecule has 15 heteroatoms. The van der Waals surface area contributed by atoms with Crippen molar-refractivity contribution in [3.63, 3.8) is 0 Å². The van der Waals surface area contributed by atoms with Crippen molar-refractivity contribution < 1.29 is 22.3 Å². The summed E-state index contributed by atoms with van der Waals surface area (Å²) in [5.74, 6) is 7.38. The predicted octanol–water partition coefficient (Wildman–Crippen LogP) is 3.28. The van der Waals surface area contributed by atoms with E-state index in [-0.39, 0.29) is 12.0 Å². The van der Waals surface area contributed by atoms with E-state index in [4.69, 9.17) is 0 Å². The Hall–Kier alpha value is -4.42. The average Bonchev–Trinajstić information content (AvgIpc) is 3.59. The van der Waals surface area contributed by atoms with Gasteiger partial charge in [-0.1, -0.05) is 18.8 Å². The van der Waals surface area contributed by atoms with Gasteiger partial charge in [-0.25, -0.2) is 32.2 Å². The normalized spacial score (nSPS) is 16.5. The number of rotatable bonds is 9. The Bertz CT molecular complexity index is 1820. The largest absolute Gasteiger partial charge is 0.396 e. The van der Waals surface area contributed by atoms with Crippen LogP contribution in [-0.2, 0) is 16.6 Å². The molecule has 0 amide bonds. The molecule has 1 saturated heterocycles. The van der Waals surface area contributed by atoms with E-state index >= 15 is 0 Å². The molecule has 0 atom stereocenters. The first-order chi connectivity index (χ1) is 21.1. The lowest BCUT2D eigenvalue weighted by Gasteiger charge is -2.39. The summed E-state index contributed by atoms with van der Waals surface area (Å²) in [7, 11) is -3.51. The van der Waals surface area contributed by atoms with Gasteiger partial charge in [-0.05, 0) is 37.2 Å². The molecule has 6 rings (SSSR count). The molecule has 2 fully saturated rings. The molecule has 0 bridgehead atoms. The Morgan fingerprint density at radius 2 is 1.89 bits per heavy atom. The Balaban J connectivity index is 1.26. The van der Waals surface area contributed by atoms with Crippen LogP contribution >= 0.6 is 0 Å². The summed E-state index contributed by atoms with van der Waals surface area (Å²) in [6.07, 6.45) is 9.33. The van der Waals surface area contributed by atoms with Crippen LogP contribution in [0.5, 0.6) is 0 Å². The number of alkyl halides is 2. The van der Waals surface area contributed by atoms with Crippen molar-refractivity contribution in [3.05, 3.63) is 60.4 Å². The third-order valence-corrected chi connectivity index (χ3v) is 9.85. The Morgan fingerprint density at radius 1 is 1.09 bits per heavy atom. The fourth-order valence-corrected chi connectivity index (χ4v) is 6.38. The summed E-state index contributed by atoms with van der Waals surface area (Å²) in [4.78, 5) is 15.6. The van der Waals surface area contributed by atoms with Gasteiger partial charge in [0.1, 0.15) is 18.2 Å². The molecule has 1 saturated carbocycles. The summed E-state index contributed by atoms with van der Waals surface area (Å²) in [6.45, 7) is 3.08.